The largest absolute Gasteiger partial charge is 0.349 e. The van der Waals surface area contributed by atoms with Crippen LogP contribution in [0.1, 0.15) is 40.7 Å². The number of carbonyl (C=O) groups excluding carboxylic acids is 1. The molecule has 1 aliphatic carbocycles. The molecule has 7 heteroatoms. The van der Waals surface area contributed by atoms with E-state index in [-0.39, 0.29) is 11.9 Å². The van der Waals surface area contributed by atoms with Crippen molar-refractivity contribution in [1.29, 1.82) is 0 Å². The zero-order valence-corrected chi connectivity index (χ0v) is 15.8. The summed E-state index contributed by atoms with van der Waals surface area (Å²) in [6.45, 7) is 3.91. The van der Waals surface area contributed by atoms with Crippen molar-refractivity contribution in [2.75, 3.05) is 6.54 Å². The van der Waals surface area contributed by atoms with Crippen LogP contribution in [0.2, 0.25) is 0 Å². The third kappa shape index (κ3) is 3.16. The molecule has 1 N–H and O–H groups in total. The fraction of sp³-hybridized carbons (Fsp3) is 0.429. The molecule has 1 saturated carbocycles. The normalized spacial score (nSPS) is 24.5. The second-order valence-electron chi connectivity index (χ2n) is 7.99. The Bertz CT molecular complexity index is 1020. The lowest BCUT2D eigenvalue weighted by Gasteiger charge is -2.24. The highest BCUT2D eigenvalue weighted by atomic mass is 16.6. The van der Waals surface area contributed by atoms with Gasteiger partial charge in [0.05, 0.1) is 5.56 Å². The number of carbonyl (C=O) groups is 1. The van der Waals surface area contributed by atoms with Crippen LogP contribution in [0, 0.1) is 12.8 Å². The SMILES string of the molecule is Cc1cncc(C(=O)N[C@H]2CC[C@@H]3[C@H]2CCN3Cc2ccc3nonc3c2)c1. The highest BCUT2D eigenvalue weighted by Crippen LogP contribution is 2.39. The first-order chi connectivity index (χ1) is 13.7. The number of hydrogen-bond donors (Lipinski definition) is 1. The van der Waals surface area contributed by atoms with Crippen LogP contribution in [0.15, 0.2) is 41.3 Å². The van der Waals surface area contributed by atoms with Gasteiger partial charge in [-0.25, -0.2) is 4.63 Å². The van der Waals surface area contributed by atoms with Crippen molar-refractivity contribution in [3.05, 3.63) is 53.3 Å². The Hall–Kier alpha value is -2.80. The molecule has 5 rings (SSSR count). The van der Waals surface area contributed by atoms with Crippen LogP contribution in [-0.2, 0) is 6.54 Å². The molecular weight excluding hydrogens is 354 g/mol. The van der Waals surface area contributed by atoms with Gasteiger partial charge < -0.3 is 5.32 Å². The third-order valence-corrected chi connectivity index (χ3v) is 6.16. The van der Waals surface area contributed by atoms with E-state index in [2.05, 4.69) is 37.6 Å². The van der Waals surface area contributed by atoms with Gasteiger partial charge in [0.25, 0.3) is 5.91 Å². The molecule has 1 aromatic carbocycles. The number of nitrogens with zero attached hydrogens (tertiary/aromatic N) is 4. The van der Waals surface area contributed by atoms with Crippen LogP contribution in [0.25, 0.3) is 11.0 Å². The Kier molecular flexibility index (Phi) is 4.31. The molecule has 0 unspecified atom stereocenters. The molecule has 3 aromatic rings. The molecule has 144 valence electrons. The fourth-order valence-electron chi connectivity index (χ4n) is 4.84. The predicted octanol–water partition coefficient (Wildman–Crippen LogP) is 2.71. The van der Waals surface area contributed by atoms with Gasteiger partial charge in [-0.1, -0.05) is 6.07 Å². The lowest BCUT2D eigenvalue weighted by atomic mass is 9.99. The minimum Gasteiger partial charge on any atom is -0.349 e. The summed E-state index contributed by atoms with van der Waals surface area (Å²) in [4.78, 5) is 19.3. The molecule has 2 aromatic heterocycles. The summed E-state index contributed by atoms with van der Waals surface area (Å²) in [5.41, 5.74) is 4.46. The lowest BCUT2D eigenvalue weighted by Crippen LogP contribution is -2.39. The van der Waals surface area contributed by atoms with Crippen molar-refractivity contribution in [2.24, 2.45) is 5.92 Å². The van der Waals surface area contributed by atoms with Crippen LogP contribution >= 0.6 is 0 Å². The van der Waals surface area contributed by atoms with Gasteiger partial charge >= 0.3 is 0 Å². The van der Waals surface area contributed by atoms with E-state index >= 15 is 0 Å². The molecule has 1 aliphatic heterocycles. The number of benzene rings is 1. The maximum Gasteiger partial charge on any atom is 0.253 e. The van der Waals surface area contributed by atoms with Crippen molar-refractivity contribution in [2.45, 2.75) is 44.8 Å². The molecule has 2 aliphatic rings. The maximum absolute atomic E-state index is 12.6. The molecule has 3 atom stereocenters. The summed E-state index contributed by atoms with van der Waals surface area (Å²) in [5, 5.41) is 11.1. The fourth-order valence-corrected chi connectivity index (χ4v) is 4.84. The van der Waals surface area contributed by atoms with Gasteiger partial charge in [0, 0.05) is 31.0 Å². The molecule has 2 fully saturated rings. The van der Waals surface area contributed by atoms with Gasteiger partial charge in [-0.05, 0) is 78.3 Å². The van der Waals surface area contributed by atoms with E-state index in [0.29, 0.717) is 17.5 Å². The Balaban J connectivity index is 1.25. The van der Waals surface area contributed by atoms with Crippen LogP contribution < -0.4 is 5.32 Å². The van der Waals surface area contributed by atoms with Crippen LogP contribution in [0.3, 0.4) is 0 Å². The van der Waals surface area contributed by atoms with E-state index in [1.54, 1.807) is 12.4 Å². The van der Waals surface area contributed by atoms with Gasteiger partial charge in [0.2, 0.25) is 0 Å². The summed E-state index contributed by atoms with van der Waals surface area (Å²) in [6, 6.07) is 8.77. The van der Waals surface area contributed by atoms with Crippen LogP contribution in [0.5, 0.6) is 0 Å². The number of aromatic nitrogens is 3. The van der Waals surface area contributed by atoms with E-state index in [1.165, 1.54) is 5.56 Å². The second-order valence-corrected chi connectivity index (χ2v) is 7.99. The van der Waals surface area contributed by atoms with Crippen LogP contribution in [0.4, 0.5) is 0 Å². The van der Waals surface area contributed by atoms with E-state index < -0.39 is 0 Å². The van der Waals surface area contributed by atoms with Gasteiger partial charge in [-0.15, -0.1) is 0 Å². The van der Waals surface area contributed by atoms with Gasteiger partial charge in [-0.3, -0.25) is 14.7 Å². The molecule has 28 heavy (non-hydrogen) atoms. The zero-order chi connectivity index (χ0) is 19.1. The van der Waals surface area contributed by atoms with Gasteiger partial charge in [0.1, 0.15) is 11.0 Å². The first kappa shape index (κ1) is 17.3. The van der Waals surface area contributed by atoms with Crippen molar-refractivity contribution >= 4 is 16.9 Å². The summed E-state index contributed by atoms with van der Waals surface area (Å²) < 4.78 is 4.80. The Labute approximate surface area is 163 Å². The average molecular weight is 377 g/mol. The number of aryl methyl sites for hydroxylation is 1. The third-order valence-electron chi connectivity index (χ3n) is 6.16. The number of hydrogen-bond acceptors (Lipinski definition) is 6. The lowest BCUT2D eigenvalue weighted by molar-refractivity contribution is 0.0926. The highest BCUT2D eigenvalue weighted by molar-refractivity contribution is 5.94. The molecule has 1 amide bonds. The number of nitrogens with one attached hydrogen (secondary N) is 1. The Morgan fingerprint density at radius 2 is 2.07 bits per heavy atom. The van der Waals surface area contributed by atoms with E-state index in [1.807, 2.05) is 19.1 Å². The minimum absolute atomic E-state index is 0.00992. The smallest absolute Gasteiger partial charge is 0.253 e. The second kappa shape index (κ2) is 6.98. The van der Waals surface area contributed by atoms with Gasteiger partial charge in [-0.2, -0.15) is 0 Å². The first-order valence-electron chi connectivity index (χ1n) is 9.85. The molecule has 3 heterocycles. The van der Waals surface area contributed by atoms with Crippen molar-refractivity contribution in [3.8, 4) is 0 Å². The van der Waals surface area contributed by atoms with Crippen molar-refractivity contribution in [1.82, 2.24) is 25.5 Å². The number of amides is 1. The number of rotatable bonds is 4. The number of likely N-dealkylation sites (tertiary alicyclic amines) is 1. The molecule has 1 saturated heterocycles. The first-order valence-corrected chi connectivity index (χ1v) is 9.85. The standard InChI is InChI=1S/C21H23N5O2/c1-13-8-15(11-22-10-13)21(27)23-17-4-5-20-16(17)6-7-26(20)12-14-2-3-18-19(9-14)25-28-24-18/h2-3,8-11,16-17,20H,4-7,12H2,1H3,(H,23,27)/t16-,17-,20+/m0/s1. The maximum atomic E-state index is 12.6. The van der Waals surface area contributed by atoms with E-state index in [4.69, 9.17) is 4.63 Å². The quantitative estimate of drug-likeness (QED) is 0.753. The highest BCUT2D eigenvalue weighted by Gasteiger charge is 2.44. The summed E-state index contributed by atoms with van der Waals surface area (Å²) in [6.07, 6.45) is 6.68. The summed E-state index contributed by atoms with van der Waals surface area (Å²) >= 11 is 0. The van der Waals surface area contributed by atoms with Gasteiger partial charge in [0.15, 0.2) is 0 Å². The Morgan fingerprint density at radius 1 is 1.18 bits per heavy atom. The molecular formula is C21H23N5O2. The average Bonchev–Trinajstić information content (AvgIpc) is 3.40. The molecule has 0 radical (unpaired) electrons. The number of fused-ring (bicyclic) bond motifs is 2. The van der Waals surface area contributed by atoms with Crippen LogP contribution in [-0.4, -0.2) is 44.7 Å². The predicted molar refractivity (Wildman–Crippen MR) is 104 cm³/mol. The monoisotopic (exact) mass is 377 g/mol. The summed E-state index contributed by atoms with van der Waals surface area (Å²) in [5.74, 6) is 0.503. The van der Waals surface area contributed by atoms with E-state index in [0.717, 1.165) is 48.9 Å². The molecule has 0 spiro atoms. The molecule has 0 bridgehead atoms. The minimum atomic E-state index is -0.00992. The number of pyridine rings is 1. The molecule has 7 nitrogen and oxygen atoms in total. The Morgan fingerprint density at radius 3 is 2.96 bits per heavy atom. The topological polar surface area (TPSA) is 84.2 Å². The van der Waals surface area contributed by atoms with Crippen molar-refractivity contribution in [3.63, 3.8) is 0 Å². The summed E-state index contributed by atoms with van der Waals surface area (Å²) in [7, 11) is 0. The zero-order valence-electron chi connectivity index (χ0n) is 15.8. The van der Waals surface area contributed by atoms with Crippen molar-refractivity contribution < 1.29 is 9.42 Å². The van der Waals surface area contributed by atoms with E-state index in [9.17, 15) is 4.79 Å².